The van der Waals surface area contributed by atoms with Crippen molar-refractivity contribution in [3.8, 4) is 0 Å². The highest BCUT2D eigenvalue weighted by Gasteiger charge is 2.34. The molecule has 0 amide bonds. The van der Waals surface area contributed by atoms with E-state index in [2.05, 4.69) is 34.6 Å². The van der Waals surface area contributed by atoms with Crippen LogP contribution in [0.5, 0.6) is 0 Å². The van der Waals surface area contributed by atoms with Gasteiger partial charge in [0.25, 0.3) is 0 Å². The summed E-state index contributed by atoms with van der Waals surface area (Å²) in [5.41, 5.74) is -0.186. The highest BCUT2D eigenvalue weighted by atomic mass is 16.6. The molecule has 0 heterocycles. The highest BCUT2D eigenvalue weighted by molar-refractivity contribution is 4.84. The maximum absolute atomic E-state index is 9.92. The first-order chi connectivity index (χ1) is 7.81. The number of rotatable bonds is 5. The number of hydrogen-bond acceptors (Lipinski definition) is 2. The molecule has 1 aliphatic rings. The predicted octanol–water partition coefficient (Wildman–Crippen LogP) is 3.97. The van der Waals surface area contributed by atoms with E-state index in [0.717, 1.165) is 12.3 Å². The largest absolute Gasteiger partial charge is 0.368 e. The van der Waals surface area contributed by atoms with Crippen LogP contribution in [0.25, 0.3) is 0 Å². The van der Waals surface area contributed by atoms with Crippen molar-refractivity contribution in [3.05, 3.63) is 0 Å². The van der Waals surface area contributed by atoms with Gasteiger partial charge in [-0.15, -0.1) is 0 Å². The molecule has 102 valence electrons. The van der Waals surface area contributed by atoms with E-state index in [1.165, 1.54) is 25.7 Å². The van der Waals surface area contributed by atoms with Gasteiger partial charge in [-0.25, -0.2) is 0 Å². The second kappa shape index (κ2) is 6.19. The van der Waals surface area contributed by atoms with Gasteiger partial charge in [0.2, 0.25) is 0 Å². The lowest BCUT2D eigenvalue weighted by atomic mass is 9.75. The molecule has 17 heavy (non-hydrogen) atoms. The van der Waals surface area contributed by atoms with Crippen molar-refractivity contribution >= 4 is 0 Å². The smallest absolute Gasteiger partial charge is 0.155 e. The summed E-state index contributed by atoms with van der Waals surface area (Å²) in [4.78, 5) is 0. The Morgan fingerprint density at radius 1 is 1.18 bits per heavy atom. The van der Waals surface area contributed by atoms with Gasteiger partial charge in [0.15, 0.2) is 6.29 Å². The minimum Gasteiger partial charge on any atom is -0.368 e. The van der Waals surface area contributed by atoms with Gasteiger partial charge in [0, 0.05) is 6.42 Å². The average molecular weight is 242 g/mol. The Bertz CT molecular complexity index is 215. The van der Waals surface area contributed by atoms with Crippen molar-refractivity contribution < 1.29 is 9.84 Å². The van der Waals surface area contributed by atoms with Crippen molar-refractivity contribution in [1.82, 2.24) is 0 Å². The van der Waals surface area contributed by atoms with Gasteiger partial charge < -0.3 is 9.84 Å². The number of ether oxygens (including phenoxy) is 1. The molecule has 0 saturated heterocycles. The van der Waals surface area contributed by atoms with Crippen molar-refractivity contribution in [2.45, 2.75) is 78.6 Å². The third-order valence-electron chi connectivity index (χ3n) is 4.11. The zero-order chi connectivity index (χ0) is 13.1. The second-order valence-corrected chi connectivity index (χ2v) is 6.76. The molecule has 2 heteroatoms. The molecule has 1 atom stereocenters. The fourth-order valence-corrected chi connectivity index (χ4v) is 2.85. The summed E-state index contributed by atoms with van der Waals surface area (Å²) in [6, 6.07) is 0. The van der Waals surface area contributed by atoms with E-state index < -0.39 is 6.29 Å². The number of hydrogen-bond donors (Lipinski definition) is 1. The van der Waals surface area contributed by atoms with Crippen LogP contribution in [0.1, 0.15) is 66.7 Å². The van der Waals surface area contributed by atoms with Crippen LogP contribution < -0.4 is 0 Å². The molecule has 0 bridgehead atoms. The minimum absolute atomic E-state index is 0.186. The van der Waals surface area contributed by atoms with Crippen molar-refractivity contribution in [1.29, 1.82) is 0 Å². The number of aliphatic hydroxyl groups is 1. The van der Waals surface area contributed by atoms with Gasteiger partial charge >= 0.3 is 0 Å². The fourth-order valence-electron chi connectivity index (χ4n) is 2.85. The number of aliphatic hydroxyl groups excluding tert-OH is 1. The van der Waals surface area contributed by atoms with Gasteiger partial charge in [-0.3, -0.25) is 0 Å². The Labute approximate surface area is 107 Å². The molecule has 0 aromatic heterocycles. The lowest BCUT2D eigenvalue weighted by Crippen LogP contribution is -2.40. The second-order valence-electron chi connectivity index (χ2n) is 6.76. The summed E-state index contributed by atoms with van der Waals surface area (Å²) >= 11 is 0. The van der Waals surface area contributed by atoms with Crippen LogP contribution in [0.4, 0.5) is 0 Å². The molecule has 0 spiro atoms. The molecule has 1 unspecified atom stereocenters. The maximum Gasteiger partial charge on any atom is 0.155 e. The summed E-state index contributed by atoms with van der Waals surface area (Å²) in [6.45, 7) is 10.8. The molecule has 1 N–H and O–H groups in total. The van der Waals surface area contributed by atoms with Crippen LogP contribution in [0.15, 0.2) is 0 Å². The molecule has 1 rings (SSSR count). The normalized spacial score (nSPS) is 28.4. The lowest BCUT2D eigenvalue weighted by molar-refractivity contribution is -0.201. The molecule has 0 aliphatic heterocycles. The summed E-state index contributed by atoms with van der Waals surface area (Å²) in [6.07, 6.45) is 5.21. The highest BCUT2D eigenvalue weighted by Crippen LogP contribution is 2.37. The predicted molar refractivity (Wildman–Crippen MR) is 71.7 cm³/mol. The Kier molecular flexibility index (Phi) is 5.46. The van der Waals surface area contributed by atoms with E-state index in [9.17, 15) is 5.11 Å². The third-order valence-corrected chi connectivity index (χ3v) is 4.11. The zero-order valence-corrected chi connectivity index (χ0v) is 12.2. The van der Waals surface area contributed by atoms with E-state index >= 15 is 0 Å². The van der Waals surface area contributed by atoms with E-state index in [1.54, 1.807) is 0 Å². The molecule has 0 radical (unpaired) electrons. The summed E-state index contributed by atoms with van der Waals surface area (Å²) in [7, 11) is 0. The van der Waals surface area contributed by atoms with Crippen LogP contribution in [-0.2, 0) is 4.74 Å². The van der Waals surface area contributed by atoms with E-state index in [0.29, 0.717) is 11.8 Å². The molecule has 1 aliphatic carbocycles. The van der Waals surface area contributed by atoms with Crippen LogP contribution >= 0.6 is 0 Å². The molecular weight excluding hydrogens is 212 g/mol. The monoisotopic (exact) mass is 242 g/mol. The van der Waals surface area contributed by atoms with E-state index in [-0.39, 0.29) is 5.60 Å². The van der Waals surface area contributed by atoms with E-state index in [1.807, 2.05) is 0 Å². The Hall–Kier alpha value is -0.0800. The summed E-state index contributed by atoms with van der Waals surface area (Å²) in [5.74, 6) is 1.94. The van der Waals surface area contributed by atoms with Crippen LogP contribution in [-0.4, -0.2) is 17.0 Å². The lowest BCUT2D eigenvalue weighted by Gasteiger charge is -2.40. The minimum atomic E-state index is -0.607. The standard InChI is InChI=1S/C15H30O2/c1-11(2)10-14(16)17-15(4,5)13-8-6-12(3)7-9-13/h11-14,16H,6-10H2,1-5H3. The summed E-state index contributed by atoms with van der Waals surface area (Å²) in [5, 5.41) is 9.92. The molecule has 1 saturated carbocycles. The van der Waals surface area contributed by atoms with E-state index in [4.69, 9.17) is 4.74 Å². The van der Waals surface area contributed by atoms with Crippen LogP contribution in [0, 0.1) is 17.8 Å². The van der Waals surface area contributed by atoms with Crippen molar-refractivity contribution in [2.75, 3.05) is 0 Å². The fraction of sp³-hybridized carbons (Fsp3) is 1.00. The molecular formula is C15H30O2. The third kappa shape index (κ3) is 4.97. The molecule has 1 fully saturated rings. The molecule has 2 nitrogen and oxygen atoms in total. The van der Waals surface area contributed by atoms with Crippen molar-refractivity contribution in [2.24, 2.45) is 17.8 Å². The quantitative estimate of drug-likeness (QED) is 0.739. The first-order valence-electron chi connectivity index (χ1n) is 7.17. The van der Waals surface area contributed by atoms with Crippen LogP contribution in [0.3, 0.4) is 0 Å². The van der Waals surface area contributed by atoms with Gasteiger partial charge in [-0.1, -0.05) is 33.6 Å². The summed E-state index contributed by atoms with van der Waals surface area (Å²) < 4.78 is 5.88. The zero-order valence-electron chi connectivity index (χ0n) is 12.2. The van der Waals surface area contributed by atoms with Gasteiger partial charge in [-0.05, 0) is 44.4 Å². The van der Waals surface area contributed by atoms with Gasteiger partial charge in [-0.2, -0.15) is 0 Å². The van der Waals surface area contributed by atoms with Gasteiger partial charge in [0.05, 0.1) is 5.60 Å². The topological polar surface area (TPSA) is 29.5 Å². The molecule has 0 aromatic carbocycles. The SMILES string of the molecule is CC(C)CC(O)OC(C)(C)C1CCC(C)CC1. The first kappa shape index (κ1) is 15.0. The average Bonchev–Trinajstić information content (AvgIpc) is 2.15. The maximum atomic E-state index is 9.92. The Balaban J connectivity index is 2.44. The van der Waals surface area contributed by atoms with Crippen LogP contribution in [0.2, 0.25) is 0 Å². The van der Waals surface area contributed by atoms with Crippen molar-refractivity contribution in [3.63, 3.8) is 0 Å². The van der Waals surface area contributed by atoms with Gasteiger partial charge in [0.1, 0.15) is 0 Å². The first-order valence-corrected chi connectivity index (χ1v) is 7.17. The molecule has 0 aromatic rings. The Morgan fingerprint density at radius 3 is 2.18 bits per heavy atom. The Morgan fingerprint density at radius 2 is 1.71 bits per heavy atom.